The zero-order valence-corrected chi connectivity index (χ0v) is 14.1. The van der Waals surface area contributed by atoms with Crippen LogP contribution in [-0.2, 0) is 4.74 Å². The minimum Gasteiger partial charge on any atom is -0.467 e. The van der Waals surface area contributed by atoms with E-state index in [4.69, 9.17) is 9.15 Å². The van der Waals surface area contributed by atoms with Crippen LogP contribution in [0.5, 0.6) is 0 Å². The van der Waals surface area contributed by atoms with Crippen LogP contribution in [0.3, 0.4) is 0 Å². The third-order valence-electron chi connectivity index (χ3n) is 4.41. The predicted molar refractivity (Wildman–Crippen MR) is 88.7 cm³/mol. The lowest BCUT2D eigenvalue weighted by atomic mass is 10.0. The summed E-state index contributed by atoms with van der Waals surface area (Å²) in [4.78, 5) is 14.8. The minimum atomic E-state index is -0.751. The molecule has 2 unspecified atom stereocenters. The summed E-state index contributed by atoms with van der Waals surface area (Å²) in [6.07, 6.45) is 3.10. The quantitative estimate of drug-likeness (QED) is 0.914. The second-order valence-corrected chi connectivity index (χ2v) is 6.39. The maximum atomic E-state index is 13.0. The Kier molecular flexibility index (Phi) is 5.06. The van der Waals surface area contributed by atoms with Crippen molar-refractivity contribution in [3.8, 4) is 0 Å². The van der Waals surface area contributed by atoms with Crippen LogP contribution in [0.4, 0.5) is 0 Å². The third-order valence-corrected chi connectivity index (χ3v) is 4.41. The van der Waals surface area contributed by atoms with Crippen LogP contribution in [0.25, 0.3) is 0 Å². The number of rotatable bonds is 5. The van der Waals surface area contributed by atoms with Gasteiger partial charge < -0.3 is 23.7 Å². The van der Waals surface area contributed by atoms with Crippen molar-refractivity contribution in [1.29, 1.82) is 0 Å². The van der Waals surface area contributed by atoms with Gasteiger partial charge in [-0.3, -0.25) is 4.79 Å². The molecule has 6 nitrogen and oxygen atoms in total. The first-order valence-electron chi connectivity index (χ1n) is 8.35. The molecule has 6 heteroatoms. The van der Waals surface area contributed by atoms with Gasteiger partial charge in [0.05, 0.1) is 25.5 Å². The zero-order chi connectivity index (χ0) is 17.1. The molecule has 24 heavy (non-hydrogen) atoms. The lowest BCUT2D eigenvalue weighted by Gasteiger charge is -2.36. The highest BCUT2D eigenvalue weighted by Gasteiger charge is 2.32. The highest BCUT2D eigenvalue weighted by Crippen LogP contribution is 2.24. The summed E-state index contributed by atoms with van der Waals surface area (Å²) < 4.78 is 12.8. The number of morpholine rings is 1. The van der Waals surface area contributed by atoms with E-state index >= 15 is 0 Å². The standard InChI is InChI=1S/C18H24N2O4/c1-13(2)19-7-3-5-15(19)18(22)20-8-10-23-12-14(20)11-16(21)17-6-4-9-24-17/h3-7,9,13-14,16,21H,8,10-12H2,1-2H3. The molecule has 1 aliphatic heterocycles. The highest BCUT2D eigenvalue weighted by atomic mass is 16.5. The summed E-state index contributed by atoms with van der Waals surface area (Å²) in [7, 11) is 0. The molecule has 2 aromatic rings. The molecule has 2 atom stereocenters. The molecule has 0 aliphatic carbocycles. The van der Waals surface area contributed by atoms with Gasteiger partial charge in [-0.05, 0) is 38.1 Å². The van der Waals surface area contributed by atoms with E-state index in [1.807, 2.05) is 41.6 Å². The largest absolute Gasteiger partial charge is 0.467 e. The number of aliphatic hydroxyl groups is 1. The van der Waals surface area contributed by atoms with Crippen molar-refractivity contribution in [3.05, 3.63) is 48.2 Å². The maximum Gasteiger partial charge on any atom is 0.270 e. The Morgan fingerprint density at radius 2 is 2.21 bits per heavy atom. The van der Waals surface area contributed by atoms with Crippen molar-refractivity contribution in [2.24, 2.45) is 0 Å². The van der Waals surface area contributed by atoms with E-state index in [0.717, 1.165) is 0 Å². The van der Waals surface area contributed by atoms with Gasteiger partial charge >= 0.3 is 0 Å². The average molecular weight is 332 g/mol. The van der Waals surface area contributed by atoms with E-state index in [9.17, 15) is 9.90 Å². The Labute approximate surface area is 141 Å². The van der Waals surface area contributed by atoms with Crippen LogP contribution < -0.4 is 0 Å². The van der Waals surface area contributed by atoms with Crippen molar-refractivity contribution in [1.82, 2.24) is 9.47 Å². The molecule has 0 radical (unpaired) electrons. The molecule has 2 aromatic heterocycles. The monoisotopic (exact) mass is 332 g/mol. The van der Waals surface area contributed by atoms with Crippen LogP contribution in [0.2, 0.25) is 0 Å². The molecule has 1 saturated heterocycles. The summed E-state index contributed by atoms with van der Waals surface area (Å²) in [5.41, 5.74) is 0.671. The lowest BCUT2D eigenvalue weighted by molar-refractivity contribution is -0.0200. The SMILES string of the molecule is CC(C)n1cccc1C(=O)N1CCOCC1CC(O)c1ccco1. The van der Waals surface area contributed by atoms with Gasteiger partial charge in [0.25, 0.3) is 5.91 Å². The Morgan fingerprint density at radius 1 is 1.38 bits per heavy atom. The Bertz CT molecular complexity index is 662. The lowest BCUT2D eigenvalue weighted by Crippen LogP contribution is -2.49. The minimum absolute atomic E-state index is 0.0198. The summed E-state index contributed by atoms with van der Waals surface area (Å²) in [6, 6.07) is 7.26. The Hall–Kier alpha value is -2.05. The van der Waals surface area contributed by atoms with Gasteiger partial charge in [-0.1, -0.05) is 0 Å². The Morgan fingerprint density at radius 3 is 2.92 bits per heavy atom. The number of carbonyl (C=O) groups is 1. The topological polar surface area (TPSA) is 67.8 Å². The van der Waals surface area contributed by atoms with Gasteiger partial charge in [0.2, 0.25) is 0 Å². The summed E-state index contributed by atoms with van der Waals surface area (Å²) in [6.45, 7) is 5.56. The van der Waals surface area contributed by atoms with Crippen molar-refractivity contribution < 1.29 is 19.1 Å². The van der Waals surface area contributed by atoms with Gasteiger partial charge in [0.1, 0.15) is 17.6 Å². The summed E-state index contributed by atoms with van der Waals surface area (Å²) >= 11 is 0. The number of hydrogen-bond acceptors (Lipinski definition) is 4. The molecule has 1 fully saturated rings. The molecule has 0 bridgehead atoms. The smallest absolute Gasteiger partial charge is 0.270 e. The molecule has 1 N–H and O–H groups in total. The maximum absolute atomic E-state index is 13.0. The number of nitrogens with zero attached hydrogens (tertiary/aromatic N) is 2. The first kappa shape index (κ1) is 16.8. The van der Waals surface area contributed by atoms with Crippen LogP contribution in [0, 0.1) is 0 Å². The number of hydrogen-bond donors (Lipinski definition) is 1. The van der Waals surface area contributed by atoms with Gasteiger partial charge in [-0.15, -0.1) is 0 Å². The fourth-order valence-corrected chi connectivity index (χ4v) is 3.14. The number of ether oxygens (including phenoxy) is 1. The molecular formula is C18H24N2O4. The number of carbonyl (C=O) groups excluding carboxylic acids is 1. The van der Waals surface area contributed by atoms with Gasteiger partial charge in [-0.2, -0.15) is 0 Å². The fourth-order valence-electron chi connectivity index (χ4n) is 3.14. The number of amides is 1. The van der Waals surface area contributed by atoms with Crippen molar-refractivity contribution >= 4 is 5.91 Å². The average Bonchev–Trinajstić information content (AvgIpc) is 3.26. The first-order valence-corrected chi connectivity index (χ1v) is 8.35. The van der Waals surface area contributed by atoms with Crippen molar-refractivity contribution in [3.63, 3.8) is 0 Å². The Balaban J connectivity index is 1.76. The second kappa shape index (κ2) is 7.23. The molecule has 0 spiro atoms. The molecule has 130 valence electrons. The number of aliphatic hydroxyl groups excluding tert-OH is 1. The first-order chi connectivity index (χ1) is 11.6. The van der Waals surface area contributed by atoms with Crippen LogP contribution >= 0.6 is 0 Å². The van der Waals surface area contributed by atoms with E-state index in [1.165, 1.54) is 6.26 Å². The fraction of sp³-hybridized carbons (Fsp3) is 0.500. The summed E-state index contributed by atoms with van der Waals surface area (Å²) in [5, 5.41) is 10.3. The molecule has 1 amide bonds. The van der Waals surface area contributed by atoms with E-state index in [1.54, 1.807) is 12.1 Å². The van der Waals surface area contributed by atoms with E-state index in [0.29, 0.717) is 37.6 Å². The van der Waals surface area contributed by atoms with Crippen LogP contribution in [-0.4, -0.2) is 46.3 Å². The number of furan rings is 1. The molecule has 3 rings (SSSR count). The molecule has 0 saturated carbocycles. The van der Waals surface area contributed by atoms with Crippen LogP contribution in [0.1, 0.15) is 48.7 Å². The van der Waals surface area contributed by atoms with Gasteiger partial charge in [0.15, 0.2) is 0 Å². The summed E-state index contributed by atoms with van der Waals surface area (Å²) in [5.74, 6) is 0.493. The number of aromatic nitrogens is 1. The van der Waals surface area contributed by atoms with Crippen molar-refractivity contribution in [2.45, 2.75) is 38.5 Å². The molecular weight excluding hydrogens is 308 g/mol. The van der Waals surface area contributed by atoms with Crippen LogP contribution in [0.15, 0.2) is 41.1 Å². The molecule has 0 aromatic carbocycles. The van der Waals surface area contributed by atoms with Crippen molar-refractivity contribution in [2.75, 3.05) is 19.8 Å². The van der Waals surface area contributed by atoms with Gasteiger partial charge in [-0.25, -0.2) is 0 Å². The highest BCUT2D eigenvalue weighted by molar-refractivity contribution is 5.93. The molecule has 3 heterocycles. The van der Waals surface area contributed by atoms with E-state index in [2.05, 4.69) is 0 Å². The predicted octanol–water partition coefficient (Wildman–Crippen LogP) is 2.63. The normalized spacial score (nSPS) is 19.7. The zero-order valence-electron chi connectivity index (χ0n) is 14.1. The van der Waals surface area contributed by atoms with E-state index in [-0.39, 0.29) is 18.0 Å². The van der Waals surface area contributed by atoms with Gasteiger partial charge in [0, 0.05) is 25.2 Å². The third kappa shape index (κ3) is 3.39. The second-order valence-electron chi connectivity index (χ2n) is 6.39. The molecule has 1 aliphatic rings. The van der Waals surface area contributed by atoms with E-state index < -0.39 is 6.10 Å².